The van der Waals surface area contributed by atoms with Crippen LogP contribution in [0.5, 0.6) is 0 Å². The number of rotatable bonds is 2. The zero-order valence-electron chi connectivity index (χ0n) is 10.7. The quantitative estimate of drug-likeness (QED) is 0.413. The van der Waals surface area contributed by atoms with Gasteiger partial charge in [-0.3, -0.25) is 25.1 Å². The second-order valence-electron chi connectivity index (χ2n) is 5.54. The van der Waals surface area contributed by atoms with E-state index in [0.717, 1.165) is 0 Å². The Hall–Kier alpha value is -1.50. The Kier molecular flexibility index (Phi) is 2.69. The zero-order valence-corrected chi connectivity index (χ0v) is 10.7. The molecule has 2 bridgehead atoms. The van der Waals surface area contributed by atoms with Crippen LogP contribution < -0.4 is 0 Å². The van der Waals surface area contributed by atoms with Gasteiger partial charge in [-0.15, -0.1) is 0 Å². The van der Waals surface area contributed by atoms with Crippen LogP contribution in [-0.2, 0) is 0 Å². The monoisotopic (exact) mass is 255 g/mol. The van der Waals surface area contributed by atoms with E-state index in [2.05, 4.69) is 0 Å². The normalized spacial score (nSPS) is 43.7. The molecular weight excluding hydrogens is 238 g/mol. The second kappa shape index (κ2) is 3.74. The first-order chi connectivity index (χ1) is 8.27. The molecule has 0 spiro atoms. The van der Waals surface area contributed by atoms with Crippen LogP contribution in [0.4, 0.5) is 0 Å². The summed E-state index contributed by atoms with van der Waals surface area (Å²) in [6.07, 6.45) is 3.19. The number of hydrogen-bond donors (Lipinski definition) is 0. The van der Waals surface area contributed by atoms with Crippen molar-refractivity contribution in [1.29, 1.82) is 0 Å². The molecule has 7 heteroatoms. The van der Waals surface area contributed by atoms with Crippen molar-refractivity contribution in [2.24, 2.45) is 11.8 Å². The molecule has 1 aliphatic heterocycles. The molecule has 1 aliphatic carbocycles. The summed E-state index contributed by atoms with van der Waals surface area (Å²) < 4.78 is 0. The zero-order chi connectivity index (χ0) is 13.7. The van der Waals surface area contributed by atoms with E-state index in [4.69, 9.17) is 0 Å². The van der Waals surface area contributed by atoms with E-state index in [1.165, 1.54) is 0 Å². The van der Waals surface area contributed by atoms with E-state index in [-0.39, 0.29) is 28.9 Å². The maximum Gasteiger partial charge on any atom is 0.262 e. The molecular formula is C11H17N3O4. The lowest BCUT2D eigenvalue weighted by molar-refractivity contribution is -0.640. The van der Waals surface area contributed by atoms with E-state index in [9.17, 15) is 20.2 Å². The highest BCUT2D eigenvalue weighted by atomic mass is 16.6. The smallest absolute Gasteiger partial charge is 0.262 e. The minimum absolute atomic E-state index is 0.222. The van der Waals surface area contributed by atoms with E-state index < -0.39 is 17.0 Å². The summed E-state index contributed by atoms with van der Waals surface area (Å²) in [6, 6.07) is 0. The van der Waals surface area contributed by atoms with Crippen molar-refractivity contribution >= 4 is 0 Å². The SMILES string of the molecule is C[C@H]1C=C[C@@]2([N+](=O)[O-])CN(C)C[C@@]1([N+](=O)[O-])[C@@H]2C. The van der Waals surface area contributed by atoms with Crippen LogP contribution in [0.25, 0.3) is 0 Å². The molecule has 0 aromatic heterocycles. The number of hydrogen-bond acceptors (Lipinski definition) is 5. The third-order valence-corrected chi connectivity index (χ3v) is 4.69. The van der Waals surface area contributed by atoms with Gasteiger partial charge in [-0.25, -0.2) is 0 Å². The van der Waals surface area contributed by atoms with Crippen molar-refractivity contribution in [2.75, 3.05) is 20.1 Å². The van der Waals surface area contributed by atoms with Crippen LogP contribution in [0.15, 0.2) is 12.2 Å². The van der Waals surface area contributed by atoms with E-state index >= 15 is 0 Å². The number of piperidine rings is 1. The summed E-state index contributed by atoms with van der Waals surface area (Å²) in [7, 11) is 1.70. The van der Waals surface area contributed by atoms with Crippen molar-refractivity contribution in [3.05, 3.63) is 32.4 Å². The highest BCUT2D eigenvalue weighted by Gasteiger charge is 2.70. The van der Waals surface area contributed by atoms with Crippen molar-refractivity contribution in [3.63, 3.8) is 0 Å². The molecule has 1 saturated heterocycles. The van der Waals surface area contributed by atoms with Gasteiger partial charge in [-0.05, 0) is 20.0 Å². The van der Waals surface area contributed by atoms with Crippen molar-refractivity contribution < 1.29 is 9.85 Å². The van der Waals surface area contributed by atoms with Gasteiger partial charge < -0.3 is 0 Å². The third-order valence-electron chi connectivity index (χ3n) is 4.69. The van der Waals surface area contributed by atoms with Gasteiger partial charge in [0.2, 0.25) is 5.54 Å². The minimum Gasteiger partial charge on any atom is -0.292 e. The van der Waals surface area contributed by atoms with Crippen LogP contribution in [-0.4, -0.2) is 46.0 Å². The molecule has 0 unspecified atom stereocenters. The number of fused-ring (bicyclic) bond motifs is 2. The third kappa shape index (κ3) is 1.33. The summed E-state index contributed by atoms with van der Waals surface area (Å²) in [5, 5.41) is 23.0. The first-order valence-corrected chi connectivity index (χ1v) is 5.94. The molecule has 0 N–H and O–H groups in total. The second-order valence-corrected chi connectivity index (χ2v) is 5.54. The number of nitrogens with zero attached hydrogens (tertiary/aromatic N) is 3. The summed E-state index contributed by atoms with van der Waals surface area (Å²) in [5.41, 5.74) is -2.61. The Balaban J connectivity index is 2.63. The molecule has 0 aromatic rings. The fraction of sp³-hybridized carbons (Fsp3) is 0.818. The van der Waals surface area contributed by atoms with E-state index in [0.29, 0.717) is 0 Å². The van der Waals surface area contributed by atoms with Gasteiger partial charge in [-0.2, -0.15) is 0 Å². The topological polar surface area (TPSA) is 89.5 Å². The van der Waals surface area contributed by atoms with Gasteiger partial charge in [-0.1, -0.05) is 13.0 Å². The Morgan fingerprint density at radius 3 is 2.33 bits per heavy atom. The molecule has 1 fully saturated rings. The summed E-state index contributed by atoms with van der Waals surface area (Å²) in [5.74, 6) is -0.926. The number of nitro groups is 2. The van der Waals surface area contributed by atoms with Crippen molar-refractivity contribution in [3.8, 4) is 0 Å². The predicted octanol–water partition coefficient (Wildman–Crippen LogP) is 0.805. The fourth-order valence-electron chi connectivity index (χ4n) is 3.50. The summed E-state index contributed by atoms with van der Waals surface area (Å²) in [4.78, 5) is 24.0. The highest BCUT2D eigenvalue weighted by molar-refractivity contribution is 5.22. The Morgan fingerprint density at radius 2 is 1.83 bits per heavy atom. The average molecular weight is 255 g/mol. The van der Waals surface area contributed by atoms with Crippen LogP contribution >= 0.6 is 0 Å². The molecule has 2 rings (SSSR count). The Labute approximate surface area is 105 Å². The van der Waals surface area contributed by atoms with Crippen LogP contribution in [0.3, 0.4) is 0 Å². The largest absolute Gasteiger partial charge is 0.292 e. The molecule has 2 aliphatic rings. The van der Waals surface area contributed by atoms with Gasteiger partial charge >= 0.3 is 0 Å². The van der Waals surface area contributed by atoms with E-state index in [1.54, 1.807) is 37.9 Å². The summed E-state index contributed by atoms with van der Waals surface area (Å²) >= 11 is 0. The molecule has 1 heterocycles. The average Bonchev–Trinajstić information content (AvgIpc) is 2.26. The van der Waals surface area contributed by atoms with Crippen LogP contribution in [0, 0.1) is 32.1 Å². The molecule has 0 radical (unpaired) electrons. The van der Waals surface area contributed by atoms with Gasteiger partial charge in [0.25, 0.3) is 5.54 Å². The standard InChI is InChI=1S/C11H17N3O4/c1-8-4-5-10(13(15)16)6-12(3)7-11(8,9(10)2)14(17)18/h4-5,8-9H,6-7H2,1-3H3/t8-,9+,10+,11-/m0/s1. The van der Waals surface area contributed by atoms with Crippen molar-refractivity contribution in [1.82, 2.24) is 4.90 Å². The van der Waals surface area contributed by atoms with Gasteiger partial charge in [0, 0.05) is 15.8 Å². The van der Waals surface area contributed by atoms with Gasteiger partial charge in [0.15, 0.2) is 0 Å². The molecule has 100 valence electrons. The maximum atomic E-state index is 11.5. The Bertz CT molecular complexity index is 438. The molecule has 0 saturated carbocycles. The number of likely N-dealkylation sites (N-methyl/N-ethyl adjacent to an activating group) is 1. The summed E-state index contributed by atoms with van der Waals surface area (Å²) in [6.45, 7) is 3.87. The van der Waals surface area contributed by atoms with Crippen molar-refractivity contribution in [2.45, 2.75) is 24.9 Å². The first-order valence-electron chi connectivity index (χ1n) is 5.94. The number of likely N-dealkylation sites (tertiary alicyclic amines) is 1. The van der Waals surface area contributed by atoms with Gasteiger partial charge in [0.1, 0.15) is 5.92 Å². The first kappa shape index (κ1) is 12.9. The fourth-order valence-corrected chi connectivity index (χ4v) is 3.50. The molecule has 18 heavy (non-hydrogen) atoms. The molecule has 4 atom stereocenters. The van der Waals surface area contributed by atoms with E-state index in [1.807, 2.05) is 0 Å². The Morgan fingerprint density at radius 1 is 1.22 bits per heavy atom. The molecule has 7 nitrogen and oxygen atoms in total. The lowest BCUT2D eigenvalue weighted by atomic mass is 9.60. The predicted molar refractivity (Wildman–Crippen MR) is 64.4 cm³/mol. The maximum absolute atomic E-state index is 11.5. The lowest BCUT2D eigenvalue weighted by Gasteiger charge is -2.49. The highest BCUT2D eigenvalue weighted by Crippen LogP contribution is 2.47. The molecule has 0 aromatic carbocycles. The van der Waals surface area contributed by atoms with Crippen LogP contribution in [0.2, 0.25) is 0 Å². The van der Waals surface area contributed by atoms with Crippen LogP contribution in [0.1, 0.15) is 13.8 Å². The lowest BCUT2D eigenvalue weighted by Crippen LogP contribution is -2.72. The molecule has 0 amide bonds. The van der Waals surface area contributed by atoms with Gasteiger partial charge in [0.05, 0.1) is 13.1 Å². The minimum atomic E-state index is -1.34.